The van der Waals surface area contributed by atoms with Crippen LogP contribution in [0.1, 0.15) is 57.8 Å². The molecule has 180 valence electrons. The largest absolute Gasteiger partial charge is 0.476 e. The quantitative estimate of drug-likeness (QED) is 0.260. The lowest BCUT2D eigenvalue weighted by molar-refractivity contribution is 0.153. The zero-order valence-corrected chi connectivity index (χ0v) is 20.5. The Balaban J connectivity index is 1.89. The Kier molecular flexibility index (Phi) is 9.70. The summed E-state index contributed by atoms with van der Waals surface area (Å²) in [7, 11) is 0. The first kappa shape index (κ1) is 25.2. The number of nitrogens with one attached hydrogen (secondary N) is 2. The zero-order chi connectivity index (χ0) is 23.6. The number of halogens is 1. The maximum absolute atomic E-state index is 12.3. The van der Waals surface area contributed by atoms with Crippen LogP contribution in [-0.2, 0) is 11.2 Å². The van der Waals surface area contributed by atoms with Gasteiger partial charge >= 0.3 is 0 Å². The Morgan fingerprint density at radius 3 is 2.91 bits per heavy atom. The second kappa shape index (κ2) is 12.7. The van der Waals surface area contributed by atoms with Gasteiger partial charge in [-0.1, -0.05) is 37.3 Å². The van der Waals surface area contributed by atoms with E-state index in [1.54, 1.807) is 6.20 Å². The monoisotopic (exact) mass is 454 g/mol. The lowest BCUT2D eigenvalue weighted by Gasteiger charge is -2.39. The molecule has 1 aromatic heterocycles. The number of ether oxygens (including phenoxy) is 1. The van der Waals surface area contributed by atoms with E-state index in [0.717, 1.165) is 25.0 Å². The summed E-state index contributed by atoms with van der Waals surface area (Å²) in [5.74, 6) is 0.632. The van der Waals surface area contributed by atoms with Crippen LogP contribution in [0.4, 0.5) is 4.39 Å². The van der Waals surface area contributed by atoms with Gasteiger partial charge in [0.1, 0.15) is 6.61 Å². The van der Waals surface area contributed by atoms with Gasteiger partial charge in [-0.3, -0.25) is 9.29 Å². The Morgan fingerprint density at radius 1 is 1.33 bits per heavy atom. The molecule has 0 fully saturated rings. The topological polar surface area (TPSA) is 52.6 Å². The van der Waals surface area contributed by atoms with Gasteiger partial charge in [0, 0.05) is 41.0 Å². The first-order chi connectivity index (χ1) is 16.1. The molecule has 0 amide bonds. The van der Waals surface area contributed by atoms with Gasteiger partial charge in [-0.05, 0) is 64.8 Å². The van der Waals surface area contributed by atoms with Crippen molar-refractivity contribution < 1.29 is 9.13 Å². The molecule has 0 saturated carbocycles. The van der Waals surface area contributed by atoms with E-state index >= 15 is 0 Å². The molecule has 2 aromatic rings. The fourth-order valence-electron chi connectivity index (χ4n) is 4.58. The highest BCUT2D eigenvalue weighted by Crippen LogP contribution is 2.38. The van der Waals surface area contributed by atoms with Crippen molar-refractivity contribution in [1.29, 1.82) is 0 Å². The van der Waals surface area contributed by atoms with Gasteiger partial charge in [-0.2, -0.15) is 0 Å². The van der Waals surface area contributed by atoms with Crippen LogP contribution in [-0.4, -0.2) is 54.7 Å². The van der Waals surface area contributed by atoms with Gasteiger partial charge in [0.2, 0.25) is 5.90 Å². The molecule has 6 heteroatoms. The molecule has 1 aliphatic rings. The summed E-state index contributed by atoms with van der Waals surface area (Å²) in [6.45, 7) is 11.1. The Bertz CT molecular complexity index is 978. The number of alkyl halides is 1. The first-order valence-electron chi connectivity index (χ1n) is 12.2. The van der Waals surface area contributed by atoms with E-state index in [-0.39, 0.29) is 12.7 Å². The number of benzene rings is 1. The van der Waals surface area contributed by atoms with Crippen molar-refractivity contribution in [3.8, 4) is 0 Å². The molecule has 0 aliphatic carbocycles. The van der Waals surface area contributed by atoms with Crippen LogP contribution in [0.2, 0.25) is 0 Å². The number of aromatic amines is 1. The lowest BCUT2D eigenvalue weighted by atomic mass is 9.91. The van der Waals surface area contributed by atoms with E-state index in [4.69, 9.17) is 4.74 Å². The maximum Gasteiger partial charge on any atom is 0.215 e. The average molecular weight is 455 g/mol. The van der Waals surface area contributed by atoms with Crippen molar-refractivity contribution in [2.45, 2.75) is 59.0 Å². The highest BCUT2D eigenvalue weighted by Gasteiger charge is 2.33. The minimum Gasteiger partial charge on any atom is -0.476 e. The first-order valence-corrected chi connectivity index (χ1v) is 12.2. The molecule has 33 heavy (non-hydrogen) atoms. The summed E-state index contributed by atoms with van der Waals surface area (Å²) in [5.41, 5.74) is 4.91. The van der Waals surface area contributed by atoms with Crippen LogP contribution in [0.25, 0.3) is 10.9 Å². The summed E-state index contributed by atoms with van der Waals surface area (Å²) in [4.78, 5) is 10.8. The molecule has 2 N–H and O–H groups in total. The molecule has 0 saturated heterocycles. The van der Waals surface area contributed by atoms with Gasteiger partial charge in [0.25, 0.3) is 0 Å². The van der Waals surface area contributed by atoms with Crippen LogP contribution in [0.5, 0.6) is 0 Å². The fraction of sp³-hybridized carbons (Fsp3) is 0.519. The van der Waals surface area contributed by atoms with E-state index in [0.29, 0.717) is 38.1 Å². The standard InChI is InChI=1S/C27H39FN4O/c1-5-13-30-27(33-17-15-29-14-9-12-28)20(3)18-25-26-23(19-21(4)32(25)16-6-2)22-10-7-8-11-24(22)31-26/h5,7-8,10-11,13,18,21,25,29,31H,6,9,12,14-17,19H2,1-4H3/b13-5-,20-18+,30-27+/t21-,25?/m1/s1. The van der Waals surface area contributed by atoms with Crippen LogP contribution in [0, 0.1) is 0 Å². The molecular weight excluding hydrogens is 415 g/mol. The van der Waals surface area contributed by atoms with Gasteiger partial charge in [0.05, 0.1) is 12.7 Å². The molecule has 1 aliphatic heterocycles. The number of aromatic nitrogens is 1. The smallest absolute Gasteiger partial charge is 0.215 e. The molecule has 3 rings (SSSR count). The van der Waals surface area contributed by atoms with Gasteiger partial charge < -0.3 is 15.0 Å². The number of para-hydroxylation sites is 1. The number of fused-ring (bicyclic) bond motifs is 3. The maximum atomic E-state index is 12.3. The van der Waals surface area contributed by atoms with Gasteiger partial charge in [0.15, 0.2) is 0 Å². The number of aliphatic imine (C=N–C) groups is 1. The predicted octanol–water partition coefficient (Wildman–Crippen LogP) is 5.71. The predicted molar refractivity (Wildman–Crippen MR) is 137 cm³/mol. The number of H-pyrrole nitrogens is 1. The third-order valence-electron chi connectivity index (χ3n) is 6.14. The van der Waals surface area contributed by atoms with E-state index in [1.165, 1.54) is 22.2 Å². The van der Waals surface area contributed by atoms with Gasteiger partial charge in [-0.15, -0.1) is 0 Å². The minimum absolute atomic E-state index is 0.137. The lowest BCUT2D eigenvalue weighted by Crippen LogP contribution is -2.42. The Morgan fingerprint density at radius 2 is 2.15 bits per heavy atom. The average Bonchev–Trinajstić information content (AvgIpc) is 3.18. The third-order valence-corrected chi connectivity index (χ3v) is 6.14. The number of nitrogens with zero attached hydrogens (tertiary/aromatic N) is 2. The van der Waals surface area contributed by atoms with E-state index in [9.17, 15) is 4.39 Å². The molecule has 1 aromatic carbocycles. The molecule has 5 nitrogen and oxygen atoms in total. The van der Waals surface area contributed by atoms with Crippen LogP contribution in [0.15, 0.2) is 53.2 Å². The van der Waals surface area contributed by atoms with Crippen molar-refractivity contribution >= 4 is 16.8 Å². The third kappa shape index (κ3) is 6.33. The summed E-state index contributed by atoms with van der Waals surface area (Å²) in [5, 5.41) is 4.53. The van der Waals surface area contributed by atoms with E-state index < -0.39 is 0 Å². The molecule has 2 heterocycles. The van der Waals surface area contributed by atoms with Crippen molar-refractivity contribution in [1.82, 2.24) is 15.2 Å². The Hall–Kier alpha value is -2.44. The second-order valence-corrected chi connectivity index (χ2v) is 8.71. The summed E-state index contributed by atoms with van der Waals surface area (Å²) in [6, 6.07) is 9.17. The second-order valence-electron chi connectivity index (χ2n) is 8.71. The normalized spacial score (nSPS) is 20.0. The molecule has 0 radical (unpaired) electrons. The van der Waals surface area contributed by atoms with Crippen molar-refractivity contribution in [2.75, 3.05) is 32.9 Å². The number of rotatable bonds is 11. The number of allylic oxidation sites excluding steroid dienone is 1. The number of hydrogen-bond acceptors (Lipinski definition) is 4. The highest BCUT2D eigenvalue weighted by atomic mass is 19.1. The van der Waals surface area contributed by atoms with Crippen LogP contribution < -0.4 is 5.32 Å². The van der Waals surface area contributed by atoms with Crippen LogP contribution in [0.3, 0.4) is 0 Å². The zero-order valence-electron chi connectivity index (χ0n) is 20.5. The fourth-order valence-corrected chi connectivity index (χ4v) is 4.58. The summed E-state index contributed by atoms with van der Waals surface area (Å²) in [6.07, 6.45) is 8.63. The minimum atomic E-state index is -0.298. The summed E-state index contributed by atoms with van der Waals surface area (Å²) >= 11 is 0. The molecular formula is C27H39FN4O. The molecule has 2 atom stereocenters. The van der Waals surface area contributed by atoms with E-state index in [2.05, 4.69) is 71.3 Å². The van der Waals surface area contributed by atoms with Crippen molar-refractivity contribution in [3.05, 3.63) is 59.4 Å². The number of hydrogen-bond donors (Lipinski definition) is 2. The van der Waals surface area contributed by atoms with Crippen molar-refractivity contribution in [3.63, 3.8) is 0 Å². The molecule has 1 unspecified atom stereocenters. The Labute approximate surface area is 197 Å². The van der Waals surface area contributed by atoms with Crippen LogP contribution >= 0.6 is 0 Å². The SMILES string of the molecule is C\C=C/N=C(OCCNCCCF)\C(C)=C\C1c2[nH]c3ccccc3c2C[C@@H](C)N1CCC. The van der Waals surface area contributed by atoms with Crippen molar-refractivity contribution in [2.24, 2.45) is 4.99 Å². The van der Waals surface area contributed by atoms with Gasteiger partial charge in [-0.25, -0.2) is 4.99 Å². The highest BCUT2D eigenvalue weighted by molar-refractivity contribution is 5.93. The summed E-state index contributed by atoms with van der Waals surface area (Å²) < 4.78 is 18.3. The van der Waals surface area contributed by atoms with E-state index in [1.807, 2.05) is 13.0 Å². The molecule has 0 spiro atoms. The molecule has 0 bridgehead atoms.